The van der Waals surface area contributed by atoms with Gasteiger partial charge < -0.3 is 9.47 Å². The number of hydrogen-bond donors (Lipinski definition) is 1. The zero-order valence-electron chi connectivity index (χ0n) is 18.7. The Hall–Kier alpha value is -3.93. The summed E-state index contributed by atoms with van der Waals surface area (Å²) < 4.78 is 50.5. The predicted octanol–water partition coefficient (Wildman–Crippen LogP) is 6.12. The van der Waals surface area contributed by atoms with Gasteiger partial charge in [-0.1, -0.05) is 18.2 Å². The van der Waals surface area contributed by atoms with Gasteiger partial charge in [0, 0.05) is 27.7 Å². The van der Waals surface area contributed by atoms with Gasteiger partial charge in [0.2, 0.25) is 0 Å². The maximum Gasteiger partial charge on any atom is 0.416 e. The summed E-state index contributed by atoms with van der Waals surface area (Å²) in [5.74, 6) is -0.0902. The molecule has 36 heavy (non-hydrogen) atoms. The van der Waals surface area contributed by atoms with Gasteiger partial charge in [-0.2, -0.15) is 18.3 Å². The molecule has 0 saturated carbocycles. The Morgan fingerprint density at radius 2 is 1.83 bits per heavy atom. The number of hydrogen-bond acceptors (Lipinski definition) is 6. The molecule has 0 fully saturated rings. The summed E-state index contributed by atoms with van der Waals surface area (Å²) in [4.78, 5) is 22.7. The van der Waals surface area contributed by atoms with E-state index in [4.69, 9.17) is 9.47 Å². The van der Waals surface area contributed by atoms with Gasteiger partial charge >= 0.3 is 6.18 Å². The Balaban J connectivity index is 1.73. The second-order valence-electron chi connectivity index (χ2n) is 7.25. The largest absolute Gasteiger partial charge is 0.490 e. The van der Waals surface area contributed by atoms with E-state index in [1.807, 2.05) is 0 Å². The van der Waals surface area contributed by atoms with Crippen molar-refractivity contribution in [3.05, 3.63) is 97.5 Å². The smallest absolute Gasteiger partial charge is 0.416 e. The normalized spacial score (nSPS) is 11.4. The third-order valence-corrected chi connectivity index (χ3v) is 5.39. The minimum absolute atomic E-state index is 0.0503. The fourth-order valence-corrected chi connectivity index (χ4v) is 3.44. The van der Waals surface area contributed by atoms with Crippen molar-refractivity contribution in [1.29, 1.82) is 0 Å². The van der Waals surface area contributed by atoms with E-state index in [9.17, 15) is 28.1 Å². The first-order valence-electron chi connectivity index (χ1n) is 10.4. The first-order chi connectivity index (χ1) is 17.1. The monoisotopic (exact) mass is 565 g/mol. The minimum Gasteiger partial charge on any atom is -0.490 e. The molecule has 1 N–H and O–H groups in total. The van der Waals surface area contributed by atoms with Crippen LogP contribution in [0.4, 0.5) is 18.9 Å². The van der Waals surface area contributed by atoms with Crippen LogP contribution < -0.4 is 14.9 Å². The van der Waals surface area contributed by atoms with E-state index in [-0.39, 0.29) is 17.9 Å². The van der Waals surface area contributed by atoms with Crippen LogP contribution in [0.2, 0.25) is 0 Å². The highest BCUT2D eigenvalue weighted by Crippen LogP contribution is 2.34. The van der Waals surface area contributed by atoms with Crippen molar-refractivity contribution in [1.82, 2.24) is 5.43 Å². The summed E-state index contributed by atoms with van der Waals surface area (Å²) in [6.45, 7) is 2.14. The van der Waals surface area contributed by atoms with E-state index in [2.05, 4.69) is 26.5 Å². The van der Waals surface area contributed by atoms with Gasteiger partial charge in [0.15, 0.2) is 11.5 Å². The molecule has 0 aliphatic heterocycles. The molecule has 0 spiro atoms. The Morgan fingerprint density at radius 3 is 2.53 bits per heavy atom. The van der Waals surface area contributed by atoms with Gasteiger partial charge in [0.1, 0.15) is 6.61 Å². The third-order valence-electron chi connectivity index (χ3n) is 4.70. The zero-order valence-corrected chi connectivity index (χ0v) is 20.3. The Morgan fingerprint density at radius 1 is 1.11 bits per heavy atom. The second-order valence-corrected chi connectivity index (χ2v) is 8.10. The van der Waals surface area contributed by atoms with Crippen molar-refractivity contribution in [3.63, 3.8) is 0 Å². The summed E-state index contributed by atoms with van der Waals surface area (Å²) in [7, 11) is 0. The molecule has 12 heteroatoms. The molecule has 0 aliphatic rings. The number of nitrogens with zero attached hydrogens (tertiary/aromatic N) is 2. The predicted molar refractivity (Wildman–Crippen MR) is 129 cm³/mol. The van der Waals surface area contributed by atoms with Crippen molar-refractivity contribution < 1.29 is 32.4 Å². The lowest BCUT2D eigenvalue weighted by Crippen LogP contribution is -2.18. The number of amides is 1. The number of nitro groups is 1. The summed E-state index contributed by atoms with van der Waals surface area (Å²) in [5.41, 5.74) is 2.09. The summed E-state index contributed by atoms with van der Waals surface area (Å²) in [5, 5.41) is 14.8. The molecule has 8 nitrogen and oxygen atoms in total. The number of nitro benzene ring substituents is 1. The molecule has 0 saturated heterocycles. The lowest BCUT2D eigenvalue weighted by Gasteiger charge is -2.14. The lowest BCUT2D eigenvalue weighted by molar-refractivity contribution is -0.384. The topological polar surface area (TPSA) is 103 Å². The number of nitrogens with one attached hydrogen (secondary N) is 1. The highest BCUT2D eigenvalue weighted by atomic mass is 79.9. The van der Waals surface area contributed by atoms with Crippen LogP contribution in [0.1, 0.15) is 34.0 Å². The number of benzene rings is 3. The molecule has 3 aromatic rings. The molecule has 0 unspecified atom stereocenters. The molecule has 0 aliphatic carbocycles. The molecular weight excluding hydrogens is 547 g/mol. The first kappa shape index (κ1) is 26.7. The number of non-ortho nitro benzene ring substituents is 1. The van der Waals surface area contributed by atoms with Crippen LogP contribution in [0, 0.1) is 10.1 Å². The van der Waals surface area contributed by atoms with Crippen LogP contribution in [-0.2, 0) is 12.8 Å². The van der Waals surface area contributed by atoms with Gasteiger partial charge in [-0.3, -0.25) is 14.9 Å². The standard InChI is InChI=1S/C24H19BrF3N3O5/c1-2-35-21-11-17(13-29-30-23(32)16-6-4-7-18(10-16)24(26,27)28)20(25)12-22(21)36-14-15-5-3-8-19(9-15)31(33)34/h3-13H,2,14H2,1H3,(H,30,32)/b29-13-. The van der Waals surface area contributed by atoms with E-state index in [0.29, 0.717) is 33.7 Å². The molecule has 0 aromatic heterocycles. The first-order valence-corrected chi connectivity index (χ1v) is 11.2. The molecule has 3 aromatic carbocycles. The van der Waals surface area contributed by atoms with Crippen LogP contribution in [0.25, 0.3) is 0 Å². The molecule has 0 bridgehead atoms. The minimum atomic E-state index is -4.57. The van der Waals surface area contributed by atoms with Crippen LogP contribution in [0.15, 0.2) is 70.2 Å². The molecule has 0 atom stereocenters. The summed E-state index contributed by atoms with van der Waals surface area (Å²) in [6.07, 6.45) is -3.28. The van der Waals surface area contributed by atoms with Crippen molar-refractivity contribution in [3.8, 4) is 11.5 Å². The number of halogens is 4. The summed E-state index contributed by atoms with van der Waals surface area (Å²) >= 11 is 3.38. The van der Waals surface area contributed by atoms with E-state index < -0.39 is 22.6 Å². The van der Waals surface area contributed by atoms with Crippen molar-refractivity contribution in [2.45, 2.75) is 19.7 Å². The summed E-state index contributed by atoms with van der Waals surface area (Å²) in [6, 6.07) is 13.2. The molecule has 3 rings (SSSR count). The van der Waals surface area contributed by atoms with Crippen LogP contribution in [0.5, 0.6) is 11.5 Å². The number of rotatable bonds is 9. The Bertz CT molecular complexity index is 1300. The highest BCUT2D eigenvalue weighted by molar-refractivity contribution is 9.10. The SMILES string of the molecule is CCOc1cc(/C=N\NC(=O)c2cccc(C(F)(F)F)c2)c(Br)cc1OCc1cccc([N+](=O)[O-])c1. The average molecular weight is 566 g/mol. The fourth-order valence-electron chi connectivity index (χ4n) is 3.01. The van der Waals surface area contributed by atoms with Gasteiger partial charge in [0.25, 0.3) is 11.6 Å². The van der Waals surface area contributed by atoms with E-state index in [0.717, 1.165) is 18.2 Å². The van der Waals surface area contributed by atoms with E-state index in [1.54, 1.807) is 31.2 Å². The Labute approximate surface area is 212 Å². The van der Waals surface area contributed by atoms with Crippen molar-refractivity contribution in [2.24, 2.45) is 5.10 Å². The lowest BCUT2D eigenvalue weighted by atomic mass is 10.1. The molecule has 188 valence electrons. The molecule has 0 heterocycles. The van der Waals surface area contributed by atoms with Crippen LogP contribution in [-0.4, -0.2) is 23.7 Å². The number of alkyl halides is 3. The van der Waals surface area contributed by atoms with Crippen LogP contribution >= 0.6 is 15.9 Å². The van der Waals surface area contributed by atoms with Gasteiger partial charge in [-0.05, 0) is 58.7 Å². The number of hydrazone groups is 1. The van der Waals surface area contributed by atoms with Crippen LogP contribution in [0.3, 0.4) is 0 Å². The number of ether oxygens (including phenoxy) is 2. The average Bonchev–Trinajstić information content (AvgIpc) is 2.84. The van der Waals surface area contributed by atoms with E-state index >= 15 is 0 Å². The number of carbonyl (C=O) groups is 1. The zero-order chi connectivity index (χ0) is 26.3. The van der Waals surface area contributed by atoms with Crippen molar-refractivity contribution in [2.75, 3.05) is 6.61 Å². The highest BCUT2D eigenvalue weighted by Gasteiger charge is 2.30. The van der Waals surface area contributed by atoms with E-state index in [1.165, 1.54) is 24.4 Å². The quantitative estimate of drug-likeness (QED) is 0.191. The Kier molecular flexibility index (Phi) is 8.64. The maximum absolute atomic E-state index is 12.9. The molecular formula is C24H19BrF3N3O5. The maximum atomic E-state index is 12.9. The third kappa shape index (κ3) is 7.04. The number of carbonyl (C=O) groups excluding carboxylic acids is 1. The van der Waals surface area contributed by atoms with Gasteiger partial charge in [-0.15, -0.1) is 0 Å². The molecule has 0 radical (unpaired) electrons. The van der Waals surface area contributed by atoms with Crippen molar-refractivity contribution >= 4 is 33.7 Å². The fraction of sp³-hybridized carbons (Fsp3) is 0.167. The van der Waals surface area contributed by atoms with Gasteiger partial charge in [0.05, 0.1) is 23.3 Å². The molecule has 1 amide bonds. The second kappa shape index (κ2) is 11.7. The van der Waals surface area contributed by atoms with Gasteiger partial charge in [-0.25, -0.2) is 5.43 Å².